The summed E-state index contributed by atoms with van der Waals surface area (Å²) in [5.74, 6) is 1.75. The Morgan fingerprint density at radius 3 is 2.92 bits per heavy atom. The SMILES string of the molecule is C#C[C@]12COC(C)(C)OC1C(O)[C@H](n1cc(I)c3c(Cl)ncnc31)O2. The highest BCUT2D eigenvalue weighted by atomic mass is 127. The van der Waals surface area contributed by atoms with Crippen LogP contribution in [0.3, 0.4) is 0 Å². The smallest absolute Gasteiger partial charge is 0.183 e. The lowest BCUT2D eigenvalue weighted by Crippen LogP contribution is -2.57. The van der Waals surface area contributed by atoms with Crippen molar-refractivity contribution in [2.75, 3.05) is 6.61 Å². The van der Waals surface area contributed by atoms with E-state index in [4.69, 9.17) is 32.2 Å². The van der Waals surface area contributed by atoms with Crippen molar-refractivity contribution in [2.24, 2.45) is 0 Å². The lowest BCUT2D eigenvalue weighted by molar-refractivity contribution is -0.315. The summed E-state index contributed by atoms with van der Waals surface area (Å²) in [5, 5.41) is 11.9. The second-order valence-electron chi connectivity index (χ2n) is 6.51. The maximum Gasteiger partial charge on any atom is 0.183 e. The van der Waals surface area contributed by atoms with Gasteiger partial charge >= 0.3 is 0 Å². The van der Waals surface area contributed by atoms with E-state index in [1.807, 2.05) is 0 Å². The third-order valence-electron chi connectivity index (χ3n) is 4.47. The fraction of sp³-hybridized carbons (Fsp3) is 0.500. The Morgan fingerprint density at radius 2 is 2.20 bits per heavy atom. The molecule has 0 radical (unpaired) electrons. The molecule has 132 valence electrons. The molecule has 4 heterocycles. The third kappa shape index (κ3) is 2.57. The highest BCUT2D eigenvalue weighted by molar-refractivity contribution is 14.1. The summed E-state index contributed by atoms with van der Waals surface area (Å²) in [7, 11) is 0. The van der Waals surface area contributed by atoms with E-state index >= 15 is 0 Å². The van der Waals surface area contributed by atoms with Crippen LogP contribution >= 0.6 is 34.2 Å². The van der Waals surface area contributed by atoms with Crippen molar-refractivity contribution >= 4 is 45.2 Å². The molecule has 0 bridgehead atoms. The zero-order chi connectivity index (χ0) is 18.0. The summed E-state index contributed by atoms with van der Waals surface area (Å²) < 4.78 is 20.2. The number of fused-ring (bicyclic) bond motifs is 2. The Balaban J connectivity index is 1.81. The number of aliphatic hydroxyl groups is 1. The number of hydrogen-bond donors (Lipinski definition) is 1. The predicted octanol–water partition coefficient (Wildman–Crippen LogP) is 2.10. The Bertz CT molecular complexity index is 895. The minimum Gasteiger partial charge on any atom is -0.385 e. The van der Waals surface area contributed by atoms with Crippen molar-refractivity contribution in [3.05, 3.63) is 21.2 Å². The summed E-state index contributed by atoms with van der Waals surface area (Å²) in [5.41, 5.74) is -0.613. The summed E-state index contributed by atoms with van der Waals surface area (Å²) >= 11 is 8.32. The quantitative estimate of drug-likeness (QED) is 0.387. The molecule has 4 atom stereocenters. The number of rotatable bonds is 1. The molecule has 2 aromatic heterocycles. The summed E-state index contributed by atoms with van der Waals surface area (Å²) in [6.07, 6.45) is 6.37. The molecule has 2 aliphatic rings. The van der Waals surface area contributed by atoms with Gasteiger partial charge in [0.15, 0.2) is 17.6 Å². The first-order valence-corrected chi connectivity index (χ1v) is 9.06. The molecule has 4 rings (SSSR count). The first-order valence-electron chi connectivity index (χ1n) is 7.60. The molecule has 7 nitrogen and oxygen atoms in total. The van der Waals surface area contributed by atoms with Gasteiger partial charge < -0.3 is 23.9 Å². The molecular formula is C16H15ClIN3O4. The molecule has 2 unspecified atom stereocenters. The second-order valence-corrected chi connectivity index (χ2v) is 8.03. The lowest BCUT2D eigenvalue weighted by Gasteiger charge is -2.42. The van der Waals surface area contributed by atoms with Gasteiger partial charge in [-0.2, -0.15) is 0 Å². The standard InChI is InChI=1S/C16H15ClIN3O4/c1-4-16-6-23-15(2,3)24-11(16)10(22)14(25-16)21-5-8(18)9-12(17)19-7-20-13(9)21/h1,5,7,10-11,14,22H,6H2,2-3H3/t10?,11?,14-,16+/m1/s1. The van der Waals surface area contributed by atoms with E-state index in [9.17, 15) is 5.11 Å². The van der Waals surface area contributed by atoms with Crippen LogP contribution in [0, 0.1) is 15.9 Å². The number of terminal acetylenes is 1. The summed E-state index contributed by atoms with van der Waals surface area (Å²) in [6.45, 7) is 3.67. The van der Waals surface area contributed by atoms with Gasteiger partial charge in [-0.15, -0.1) is 6.42 Å². The molecule has 0 aromatic carbocycles. The first kappa shape index (κ1) is 17.5. The zero-order valence-corrected chi connectivity index (χ0v) is 16.4. The van der Waals surface area contributed by atoms with Crippen LogP contribution in [-0.4, -0.2) is 49.8 Å². The molecule has 2 aliphatic heterocycles. The van der Waals surface area contributed by atoms with E-state index in [2.05, 4.69) is 38.5 Å². The van der Waals surface area contributed by atoms with E-state index in [0.29, 0.717) is 16.2 Å². The minimum absolute atomic E-state index is 0.126. The van der Waals surface area contributed by atoms with Crippen LogP contribution in [0.2, 0.25) is 5.15 Å². The second kappa shape index (κ2) is 5.77. The molecule has 25 heavy (non-hydrogen) atoms. The molecule has 0 saturated carbocycles. The number of hydrogen-bond acceptors (Lipinski definition) is 6. The van der Waals surface area contributed by atoms with Crippen LogP contribution < -0.4 is 0 Å². The first-order chi connectivity index (χ1) is 11.8. The molecular weight excluding hydrogens is 461 g/mol. The number of ether oxygens (including phenoxy) is 3. The summed E-state index contributed by atoms with van der Waals surface area (Å²) in [4.78, 5) is 8.29. The van der Waals surface area contributed by atoms with Gasteiger partial charge in [-0.1, -0.05) is 17.5 Å². The average Bonchev–Trinajstić information content (AvgIpc) is 3.04. The molecule has 0 amide bonds. The molecule has 9 heteroatoms. The van der Waals surface area contributed by atoms with Gasteiger partial charge in [0.1, 0.15) is 29.3 Å². The van der Waals surface area contributed by atoms with Crippen LogP contribution in [-0.2, 0) is 14.2 Å². The Labute approximate surface area is 162 Å². The average molecular weight is 476 g/mol. The fourth-order valence-electron chi connectivity index (χ4n) is 3.26. The fourth-order valence-corrected chi connectivity index (χ4v) is 4.44. The molecule has 2 saturated heterocycles. The van der Waals surface area contributed by atoms with Crippen molar-refractivity contribution < 1.29 is 19.3 Å². The van der Waals surface area contributed by atoms with Gasteiger partial charge in [0.05, 0.1) is 12.0 Å². The topological polar surface area (TPSA) is 78.6 Å². The predicted molar refractivity (Wildman–Crippen MR) is 97.9 cm³/mol. The lowest BCUT2D eigenvalue weighted by atomic mass is 9.95. The van der Waals surface area contributed by atoms with Crippen molar-refractivity contribution in [1.82, 2.24) is 14.5 Å². The zero-order valence-electron chi connectivity index (χ0n) is 13.4. The highest BCUT2D eigenvalue weighted by Gasteiger charge is 2.60. The number of nitrogens with zero attached hydrogens (tertiary/aromatic N) is 3. The van der Waals surface area contributed by atoms with Crippen molar-refractivity contribution in [2.45, 2.75) is 43.7 Å². The Kier molecular flexibility index (Phi) is 4.03. The van der Waals surface area contributed by atoms with E-state index in [0.717, 1.165) is 3.57 Å². The molecule has 0 spiro atoms. The van der Waals surface area contributed by atoms with Crippen molar-refractivity contribution in [3.8, 4) is 12.3 Å². The number of aromatic nitrogens is 3. The maximum atomic E-state index is 10.9. The Hall–Kier alpha value is -0.960. The molecule has 2 aromatic rings. The molecule has 1 N–H and O–H groups in total. The van der Waals surface area contributed by atoms with E-state index in [1.54, 1.807) is 24.6 Å². The van der Waals surface area contributed by atoms with Crippen molar-refractivity contribution in [3.63, 3.8) is 0 Å². The van der Waals surface area contributed by atoms with Gasteiger partial charge in [-0.05, 0) is 36.4 Å². The van der Waals surface area contributed by atoms with Crippen LogP contribution in [0.1, 0.15) is 20.1 Å². The van der Waals surface area contributed by atoms with E-state index < -0.39 is 29.8 Å². The summed E-state index contributed by atoms with van der Waals surface area (Å²) in [6, 6.07) is 0. The van der Waals surface area contributed by atoms with Gasteiger partial charge in [0, 0.05) is 9.77 Å². The number of aliphatic hydroxyl groups excluding tert-OH is 1. The minimum atomic E-state index is -1.17. The molecule has 2 fully saturated rings. The van der Waals surface area contributed by atoms with Crippen LogP contribution in [0.25, 0.3) is 11.0 Å². The van der Waals surface area contributed by atoms with Crippen LogP contribution in [0.4, 0.5) is 0 Å². The normalized spacial score (nSPS) is 34.0. The third-order valence-corrected chi connectivity index (χ3v) is 5.58. The van der Waals surface area contributed by atoms with Crippen LogP contribution in [0.15, 0.2) is 12.5 Å². The van der Waals surface area contributed by atoms with Crippen LogP contribution in [0.5, 0.6) is 0 Å². The largest absolute Gasteiger partial charge is 0.385 e. The monoisotopic (exact) mass is 475 g/mol. The van der Waals surface area contributed by atoms with Gasteiger partial charge in [-0.25, -0.2) is 9.97 Å². The highest BCUT2D eigenvalue weighted by Crippen LogP contribution is 2.45. The van der Waals surface area contributed by atoms with E-state index in [-0.39, 0.29) is 6.61 Å². The van der Waals surface area contributed by atoms with E-state index in [1.165, 1.54) is 6.33 Å². The number of halogens is 2. The van der Waals surface area contributed by atoms with Gasteiger partial charge in [-0.3, -0.25) is 0 Å². The molecule has 0 aliphatic carbocycles. The van der Waals surface area contributed by atoms with Crippen molar-refractivity contribution in [1.29, 1.82) is 0 Å². The maximum absolute atomic E-state index is 10.9. The van der Waals surface area contributed by atoms with Gasteiger partial charge in [0.25, 0.3) is 0 Å². The Morgan fingerprint density at radius 1 is 1.44 bits per heavy atom. The van der Waals surface area contributed by atoms with Gasteiger partial charge in [0.2, 0.25) is 0 Å².